The van der Waals surface area contributed by atoms with E-state index in [0.717, 1.165) is 6.54 Å². The smallest absolute Gasteiger partial charge is 0.101 e. The van der Waals surface area contributed by atoms with E-state index in [1.165, 1.54) is 16.7 Å². The van der Waals surface area contributed by atoms with E-state index < -0.39 is 0 Å². The molecule has 0 bridgehead atoms. The number of nitrogens with zero attached hydrogens (tertiary/aromatic N) is 1. The number of hydrogen-bond acceptors (Lipinski definition) is 2. The van der Waals surface area contributed by atoms with Crippen molar-refractivity contribution in [2.75, 3.05) is 27.7 Å². The van der Waals surface area contributed by atoms with Gasteiger partial charge >= 0.3 is 0 Å². The molecule has 1 aliphatic rings. The number of hydrogen-bond donors (Lipinski definition) is 0. The van der Waals surface area contributed by atoms with Crippen molar-refractivity contribution in [3.8, 4) is 0 Å². The van der Waals surface area contributed by atoms with Crippen LogP contribution < -0.4 is 0 Å². The zero-order chi connectivity index (χ0) is 13.7. The van der Waals surface area contributed by atoms with E-state index in [1.54, 1.807) is 7.11 Å². The van der Waals surface area contributed by atoms with E-state index in [2.05, 4.69) is 67.6 Å². The molecule has 1 aromatic rings. The van der Waals surface area contributed by atoms with Crippen LogP contribution in [0.3, 0.4) is 0 Å². The molecule has 100 valence electrons. The Bertz CT molecular complexity index is 497. The number of benzene rings is 1. The Kier molecular flexibility index (Phi) is 4.72. The molecule has 0 amide bonds. The summed E-state index contributed by atoms with van der Waals surface area (Å²) < 4.78 is 5.52. The summed E-state index contributed by atoms with van der Waals surface area (Å²) in [6.07, 6.45) is 8.73. The first kappa shape index (κ1) is 13.8. The number of rotatable bonds is 4. The van der Waals surface area contributed by atoms with Crippen LogP contribution in [-0.2, 0) is 4.74 Å². The van der Waals surface area contributed by atoms with Crippen molar-refractivity contribution in [1.29, 1.82) is 0 Å². The third-order valence-corrected chi connectivity index (χ3v) is 3.05. The van der Waals surface area contributed by atoms with Crippen LogP contribution in [-0.4, -0.2) is 38.8 Å². The third-order valence-electron chi connectivity index (χ3n) is 3.05. The van der Waals surface area contributed by atoms with Crippen LogP contribution in [0.1, 0.15) is 5.56 Å². The van der Waals surface area contributed by atoms with Gasteiger partial charge in [0, 0.05) is 13.7 Å². The lowest BCUT2D eigenvalue weighted by molar-refractivity contribution is 0.171. The quantitative estimate of drug-likeness (QED) is 0.819. The number of ether oxygens (including phenoxy) is 1. The first-order valence-corrected chi connectivity index (χ1v) is 6.52. The fourth-order valence-corrected chi connectivity index (χ4v) is 2.21. The maximum Gasteiger partial charge on any atom is 0.101 e. The molecule has 0 N–H and O–H groups in total. The summed E-state index contributed by atoms with van der Waals surface area (Å²) in [4.78, 5) is 2.17. The molecule has 0 fully saturated rings. The standard InChI is InChI=1S/C17H21NO/c1-18(2)13-15-9-10-17(19-3)16(12-15)11-14-7-5-4-6-8-14/h4-12,17H,13H2,1-3H3. The maximum atomic E-state index is 5.52. The Hall–Kier alpha value is -1.64. The van der Waals surface area contributed by atoms with Gasteiger partial charge in [-0.25, -0.2) is 0 Å². The number of likely N-dealkylation sites (N-methyl/N-ethyl adjacent to an activating group) is 1. The SMILES string of the molecule is COC1C=CC(CN(C)C)=CC1=Cc1ccccc1. The van der Waals surface area contributed by atoms with Crippen molar-refractivity contribution < 1.29 is 4.74 Å². The first-order valence-electron chi connectivity index (χ1n) is 6.52. The Balaban J connectivity index is 2.26. The lowest BCUT2D eigenvalue weighted by atomic mass is 9.97. The van der Waals surface area contributed by atoms with E-state index in [-0.39, 0.29) is 6.10 Å². The van der Waals surface area contributed by atoms with E-state index in [9.17, 15) is 0 Å². The molecule has 1 aliphatic carbocycles. The molecular weight excluding hydrogens is 234 g/mol. The lowest BCUT2D eigenvalue weighted by Gasteiger charge is -2.20. The lowest BCUT2D eigenvalue weighted by Crippen LogP contribution is -2.18. The van der Waals surface area contributed by atoms with Crippen LogP contribution in [0.4, 0.5) is 0 Å². The fraction of sp³-hybridized carbons (Fsp3) is 0.294. The molecule has 0 saturated heterocycles. The predicted octanol–water partition coefficient (Wildman–Crippen LogP) is 3.14. The maximum absolute atomic E-state index is 5.52. The summed E-state index contributed by atoms with van der Waals surface area (Å²) in [5.74, 6) is 0. The van der Waals surface area contributed by atoms with Gasteiger partial charge in [-0.1, -0.05) is 48.6 Å². The van der Waals surface area contributed by atoms with Crippen LogP contribution >= 0.6 is 0 Å². The summed E-state index contributed by atoms with van der Waals surface area (Å²) in [5.41, 5.74) is 3.71. The van der Waals surface area contributed by atoms with Gasteiger partial charge in [-0.15, -0.1) is 0 Å². The Morgan fingerprint density at radius 2 is 1.95 bits per heavy atom. The zero-order valence-electron chi connectivity index (χ0n) is 11.8. The van der Waals surface area contributed by atoms with Crippen LogP contribution in [0.5, 0.6) is 0 Å². The molecule has 2 heteroatoms. The molecule has 1 atom stereocenters. The monoisotopic (exact) mass is 255 g/mol. The highest BCUT2D eigenvalue weighted by Crippen LogP contribution is 2.21. The molecule has 1 unspecified atom stereocenters. The number of methoxy groups -OCH3 is 1. The summed E-state index contributed by atoms with van der Waals surface area (Å²) in [6, 6.07) is 10.4. The molecule has 0 aromatic heterocycles. The van der Waals surface area contributed by atoms with Gasteiger partial charge in [0.1, 0.15) is 6.10 Å². The normalized spacial score (nSPS) is 20.9. The first-order chi connectivity index (χ1) is 9.19. The summed E-state index contributed by atoms with van der Waals surface area (Å²) in [6.45, 7) is 0.944. The average Bonchev–Trinajstić information content (AvgIpc) is 2.39. The van der Waals surface area contributed by atoms with Gasteiger partial charge in [-0.3, -0.25) is 0 Å². The molecule has 1 aromatic carbocycles. The Labute approximate surface area is 115 Å². The Morgan fingerprint density at radius 3 is 2.58 bits per heavy atom. The second-order valence-corrected chi connectivity index (χ2v) is 5.03. The van der Waals surface area contributed by atoms with E-state index in [4.69, 9.17) is 4.74 Å². The van der Waals surface area contributed by atoms with Gasteiger partial charge in [0.05, 0.1) is 0 Å². The average molecular weight is 255 g/mol. The van der Waals surface area contributed by atoms with E-state index in [1.807, 2.05) is 6.07 Å². The van der Waals surface area contributed by atoms with Gasteiger partial charge < -0.3 is 9.64 Å². The molecule has 2 nitrogen and oxygen atoms in total. The molecular formula is C17H21NO. The van der Waals surface area contributed by atoms with Crippen molar-refractivity contribution in [2.45, 2.75) is 6.10 Å². The molecule has 2 rings (SSSR count). The molecule has 0 radical (unpaired) electrons. The minimum absolute atomic E-state index is 0.0473. The Morgan fingerprint density at radius 1 is 1.21 bits per heavy atom. The highest BCUT2D eigenvalue weighted by molar-refractivity contribution is 5.60. The highest BCUT2D eigenvalue weighted by Gasteiger charge is 2.13. The van der Waals surface area contributed by atoms with Crippen molar-refractivity contribution in [3.63, 3.8) is 0 Å². The molecule has 0 saturated carbocycles. The third kappa shape index (κ3) is 3.91. The minimum atomic E-state index is 0.0473. The van der Waals surface area contributed by atoms with Crippen molar-refractivity contribution in [1.82, 2.24) is 4.90 Å². The van der Waals surface area contributed by atoms with Gasteiger partial charge in [0.15, 0.2) is 0 Å². The minimum Gasteiger partial charge on any atom is -0.373 e. The highest BCUT2D eigenvalue weighted by atomic mass is 16.5. The van der Waals surface area contributed by atoms with Gasteiger partial charge in [-0.2, -0.15) is 0 Å². The van der Waals surface area contributed by atoms with Gasteiger partial charge in [0.25, 0.3) is 0 Å². The van der Waals surface area contributed by atoms with Crippen LogP contribution in [0.2, 0.25) is 0 Å². The van der Waals surface area contributed by atoms with Crippen molar-refractivity contribution >= 4 is 6.08 Å². The summed E-state index contributed by atoms with van der Waals surface area (Å²) >= 11 is 0. The summed E-state index contributed by atoms with van der Waals surface area (Å²) in [5, 5.41) is 0. The summed E-state index contributed by atoms with van der Waals surface area (Å²) in [7, 11) is 5.91. The van der Waals surface area contributed by atoms with Crippen LogP contribution in [0.25, 0.3) is 6.08 Å². The van der Waals surface area contributed by atoms with Gasteiger partial charge in [0.2, 0.25) is 0 Å². The van der Waals surface area contributed by atoms with Gasteiger partial charge in [-0.05, 0) is 36.9 Å². The van der Waals surface area contributed by atoms with Crippen LogP contribution in [0, 0.1) is 0 Å². The van der Waals surface area contributed by atoms with Crippen molar-refractivity contribution in [2.24, 2.45) is 0 Å². The molecule has 0 spiro atoms. The second kappa shape index (κ2) is 6.50. The van der Waals surface area contributed by atoms with Crippen molar-refractivity contribution in [3.05, 3.63) is 65.3 Å². The molecule has 0 aliphatic heterocycles. The second-order valence-electron chi connectivity index (χ2n) is 5.03. The topological polar surface area (TPSA) is 12.5 Å². The largest absolute Gasteiger partial charge is 0.373 e. The fourth-order valence-electron chi connectivity index (χ4n) is 2.21. The van der Waals surface area contributed by atoms with E-state index in [0.29, 0.717) is 0 Å². The molecule has 19 heavy (non-hydrogen) atoms. The van der Waals surface area contributed by atoms with E-state index >= 15 is 0 Å². The predicted molar refractivity (Wildman–Crippen MR) is 81.0 cm³/mol. The zero-order valence-corrected chi connectivity index (χ0v) is 11.8. The molecule has 0 heterocycles. The van der Waals surface area contributed by atoms with Crippen LogP contribution in [0.15, 0.2) is 59.7 Å².